The average Bonchev–Trinajstić information content (AvgIpc) is 3.25. The van der Waals surface area contributed by atoms with Crippen molar-refractivity contribution >= 4 is 0 Å². The number of nitrogens with zero attached hydrogens (tertiary/aromatic N) is 4. The highest BCUT2D eigenvalue weighted by atomic mass is 15.2. The van der Waals surface area contributed by atoms with E-state index >= 15 is 0 Å². The first-order valence-electron chi connectivity index (χ1n) is 11.1. The molecule has 2 aromatic heterocycles. The molecule has 2 saturated heterocycles. The third-order valence-electron chi connectivity index (χ3n) is 6.96. The van der Waals surface area contributed by atoms with Crippen molar-refractivity contribution in [1.82, 2.24) is 18.9 Å². The van der Waals surface area contributed by atoms with Crippen molar-refractivity contribution in [2.45, 2.75) is 71.6 Å². The van der Waals surface area contributed by atoms with Crippen LogP contribution < -0.4 is 0 Å². The Bertz CT molecular complexity index is 788. The molecule has 3 aliphatic heterocycles. The summed E-state index contributed by atoms with van der Waals surface area (Å²) in [5.41, 5.74) is 7.41. The van der Waals surface area contributed by atoms with E-state index < -0.39 is 0 Å². The molecule has 0 bridgehead atoms. The molecule has 0 saturated carbocycles. The first-order chi connectivity index (χ1) is 13.3. The van der Waals surface area contributed by atoms with Gasteiger partial charge in [0.2, 0.25) is 0 Å². The number of aromatic nitrogens is 2. The van der Waals surface area contributed by atoms with Gasteiger partial charge in [-0.15, -0.1) is 0 Å². The molecule has 0 unspecified atom stereocenters. The van der Waals surface area contributed by atoms with Crippen LogP contribution in [0.3, 0.4) is 0 Å². The Morgan fingerprint density at radius 1 is 0.667 bits per heavy atom. The molecule has 5 rings (SSSR count). The molecule has 4 nitrogen and oxygen atoms in total. The van der Waals surface area contributed by atoms with E-state index in [1.807, 2.05) is 0 Å². The van der Waals surface area contributed by atoms with Gasteiger partial charge >= 0.3 is 0 Å². The molecule has 3 aliphatic rings. The molecule has 27 heavy (non-hydrogen) atoms. The summed E-state index contributed by atoms with van der Waals surface area (Å²) in [5.74, 6) is 0. The second-order valence-electron chi connectivity index (χ2n) is 8.85. The molecular formula is C23H34N4. The second kappa shape index (κ2) is 7.48. The summed E-state index contributed by atoms with van der Waals surface area (Å²) in [6, 6.07) is 7.19. The number of fused-ring (bicyclic) bond motifs is 3. The molecular weight excluding hydrogens is 332 g/mol. The van der Waals surface area contributed by atoms with Crippen LogP contribution in [0.2, 0.25) is 0 Å². The van der Waals surface area contributed by atoms with E-state index in [9.17, 15) is 0 Å². The van der Waals surface area contributed by atoms with E-state index in [1.54, 1.807) is 5.69 Å². The molecule has 4 heteroatoms. The van der Waals surface area contributed by atoms with E-state index in [-0.39, 0.29) is 0 Å². The smallest absolute Gasteiger partial charge is 0.0654 e. The predicted molar refractivity (Wildman–Crippen MR) is 111 cm³/mol. The number of hydrogen-bond donors (Lipinski definition) is 0. The lowest BCUT2D eigenvalue weighted by atomic mass is 10.1. The van der Waals surface area contributed by atoms with Gasteiger partial charge in [-0.05, 0) is 82.5 Å². The minimum Gasteiger partial charge on any atom is -0.340 e. The minimum atomic E-state index is 1.12. The molecule has 0 N–H and O–H groups in total. The first-order valence-corrected chi connectivity index (χ1v) is 11.1. The second-order valence-corrected chi connectivity index (χ2v) is 8.85. The summed E-state index contributed by atoms with van der Waals surface area (Å²) in [7, 11) is 0. The Morgan fingerprint density at radius 2 is 1.30 bits per heavy atom. The third-order valence-corrected chi connectivity index (χ3v) is 6.96. The number of piperidine rings is 2. The summed E-state index contributed by atoms with van der Waals surface area (Å²) in [6.07, 6.45) is 8.31. The largest absolute Gasteiger partial charge is 0.340 e. The van der Waals surface area contributed by atoms with Gasteiger partial charge in [-0.2, -0.15) is 0 Å². The Hall–Kier alpha value is -1.52. The van der Waals surface area contributed by atoms with Crippen molar-refractivity contribution in [3.05, 3.63) is 35.2 Å². The van der Waals surface area contributed by atoms with Crippen molar-refractivity contribution < 1.29 is 0 Å². The van der Waals surface area contributed by atoms with Gasteiger partial charge < -0.3 is 9.13 Å². The molecule has 0 radical (unpaired) electrons. The highest BCUT2D eigenvalue weighted by molar-refractivity contribution is 5.61. The zero-order valence-electron chi connectivity index (χ0n) is 16.9. The Labute approximate surface area is 163 Å². The zero-order chi connectivity index (χ0) is 18.2. The zero-order valence-corrected chi connectivity index (χ0v) is 16.9. The molecule has 0 atom stereocenters. The van der Waals surface area contributed by atoms with Crippen LogP contribution in [0, 0.1) is 6.92 Å². The van der Waals surface area contributed by atoms with Crippen molar-refractivity contribution in [3.63, 3.8) is 0 Å². The topological polar surface area (TPSA) is 16.3 Å². The van der Waals surface area contributed by atoms with Gasteiger partial charge in [0, 0.05) is 37.6 Å². The van der Waals surface area contributed by atoms with Crippen LogP contribution in [0.15, 0.2) is 18.2 Å². The van der Waals surface area contributed by atoms with E-state index in [0.29, 0.717) is 0 Å². The number of likely N-dealkylation sites (tertiary alicyclic amines) is 2. The summed E-state index contributed by atoms with van der Waals surface area (Å²) in [5, 5.41) is 0. The van der Waals surface area contributed by atoms with Crippen LogP contribution in [0.5, 0.6) is 0 Å². The number of rotatable bonds is 4. The van der Waals surface area contributed by atoms with Gasteiger partial charge in [-0.25, -0.2) is 0 Å². The standard InChI is InChI=1S/C23H34N4/c1-19-16-22-21-9-8-20(17-24-10-4-2-5-11-24)26(21)14-15-27(22)23(19)18-25-12-6-3-7-13-25/h8-9,16H,2-7,10-15,17-18H2,1H3. The van der Waals surface area contributed by atoms with Crippen LogP contribution in [-0.2, 0) is 26.2 Å². The monoisotopic (exact) mass is 366 g/mol. The lowest BCUT2D eigenvalue weighted by Crippen LogP contribution is -2.32. The molecule has 5 heterocycles. The van der Waals surface area contributed by atoms with Crippen molar-refractivity contribution in [2.24, 2.45) is 0 Å². The van der Waals surface area contributed by atoms with Crippen LogP contribution >= 0.6 is 0 Å². The number of hydrogen-bond acceptors (Lipinski definition) is 2. The summed E-state index contributed by atoms with van der Waals surface area (Å²) in [6.45, 7) is 11.9. The Balaban J connectivity index is 1.39. The van der Waals surface area contributed by atoms with Crippen LogP contribution in [0.4, 0.5) is 0 Å². The molecule has 0 spiro atoms. The summed E-state index contributed by atoms with van der Waals surface area (Å²) in [4.78, 5) is 5.31. The molecule has 146 valence electrons. The summed E-state index contributed by atoms with van der Waals surface area (Å²) < 4.78 is 5.21. The SMILES string of the molecule is Cc1cc2n(c1CN1CCCCC1)CCn1c(CN3CCCCC3)ccc1-2. The summed E-state index contributed by atoms with van der Waals surface area (Å²) >= 11 is 0. The highest BCUT2D eigenvalue weighted by Gasteiger charge is 2.24. The van der Waals surface area contributed by atoms with Crippen molar-refractivity contribution in [2.75, 3.05) is 26.2 Å². The lowest BCUT2D eigenvalue weighted by Gasteiger charge is -2.30. The van der Waals surface area contributed by atoms with Gasteiger partial charge in [0.15, 0.2) is 0 Å². The van der Waals surface area contributed by atoms with Gasteiger partial charge in [0.25, 0.3) is 0 Å². The van der Waals surface area contributed by atoms with Crippen LogP contribution in [-0.4, -0.2) is 45.1 Å². The highest BCUT2D eigenvalue weighted by Crippen LogP contribution is 2.33. The van der Waals surface area contributed by atoms with Gasteiger partial charge in [0.05, 0.1) is 11.4 Å². The Morgan fingerprint density at radius 3 is 2.00 bits per heavy atom. The fourth-order valence-electron chi connectivity index (χ4n) is 5.41. The molecule has 0 amide bonds. The Kier molecular flexibility index (Phi) is 4.87. The molecule has 0 aromatic carbocycles. The quantitative estimate of drug-likeness (QED) is 0.804. The maximum atomic E-state index is 2.66. The predicted octanol–water partition coefficient (Wildman–Crippen LogP) is 4.25. The normalized spacial score (nSPS) is 21.2. The third kappa shape index (κ3) is 3.38. The lowest BCUT2D eigenvalue weighted by molar-refractivity contribution is 0.213. The van der Waals surface area contributed by atoms with E-state index in [2.05, 4.69) is 44.1 Å². The van der Waals surface area contributed by atoms with Crippen molar-refractivity contribution in [3.8, 4) is 11.4 Å². The molecule has 2 fully saturated rings. The van der Waals surface area contributed by atoms with E-state index in [4.69, 9.17) is 0 Å². The van der Waals surface area contributed by atoms with E-state index in [1.165, 1.54) is 87.3 Å². The van der Waals surface area contributed by atoms with E-state index in [0.717, 1.165) is 26.2 Å². The first kappa shape index (κ1) is 17.6. The fraction of sp³-hybridized carbons (Fsp3) is 0.652. The molecule has 2 aromatic rings. The maximum absolute atomic E-state index is 2.66. The average molecular weight is 367 g/mol. The van der Waals surface area contributed by atoms with Gasteiger partial charge in [-0.3, -0.25) is 9.80 Å². The van der Waals surface area contributed by atoms with Gasteiger partial charge in [0.1, 0.15) is 0 Å². The fourth-order valence-corrected chi connectivity index (χ4v) is 5.41. The van der Waals surface area contributed by atoms with Crippen molar-refractivity contribution in [1.29, 1.82) is 0 Å². The van der Waals surface area contributed by atoms with Crippen LogP contribution in [0.25, 0.3) is 11.4 Å². The van der Waals surface area contributed by atoms with Gasteiger partial charge in [-0.1, -0.05) is 12.8 Å². The minimum absolute atomic E-state index is 1.12. The molecule has 0 aliphatic carbocycles. The maximum Gasteiger partial charge on any atom is 0.0654 e. The number of aryl methyl sites for hydroxylation is 1. The van der Waals surface area contributed by atoms with Crippen LogP contribution in [0.1, 0.15) is 55.5 Å².